The maximum absolute atomic E-state index is 12.8. The minimum Gasteiger partial charge on any atom is -0.406 e. The van der Waals surface area contributed by atoms with Crippen LogP contribution in [-0.2, 0) is 11.3 Å². The first-order valence-electron chi connectivity index (χ1n) is 10.5. The SMILES string of the molecule is CCn1nc(C)cc1/C(OC(=O)N1CCCC1)=C(\C#N)c1ccc([Si](C)(C)C)cc1. The van der Waals surface area contributed by atoms with E-state index >= 15 is 0 Å². The van der Waals surface area contributed by atoms with Gasteiger partial charge in [0, 0.05) is 19.6 Å². The summed E-state index contributed by atoms with van der Waals surface area (Å²) in [4.78, 5) is 14.5. The molecule has 0 aliphatic carbocycles. The number of allylic oxidation sites excluding steroid dienone is 1. The number of hydrogen-bond donors (Lipinski definition) is 0. The third kappa shape index (κ3) is 4.65. The molecule has 0 radical (unpaired) electrons. The summed E-state index contributed by atoms with van der Waals surface area (Å²) in [6.07, 6.45) is 1.54. The average molecular weight is 423 g/mol. The highest BCUT2D eigenvalue weighted by Crippen LogP contribution is 2.29. The first kappa shape index (κ1) is 21.8. The fraction of sp³-hybridized carbons (Fsp3) is 0.435. The van der Waals surface area contributed by atoms with Gasteiger partial charge in [0.05, 0.1) is 13.8 Å². The highest BCUT2D eigenvalue weighted by molar-refractivity contribution is 6.88. The van der Waals surface area contributed by atoms with Crippen molar-refractivity contribution in [2.45, 2.75) is 52.9 Å². The van der Waals surface area contributed by atoms with Crippen molar-refractivity contribution in [1.82, 2.24) is 14.7 Å². The highest BCUT2D eigenvalue weighted by Gasteiger charge is 2.26. The molecular formula is C23H30N4O2Si. The van der Waals surface area contributed by atoms with E-state index in [-0.39, 0.29) is 5.76 Å². The Balaban J connectivity index is 2.10. The summed E-state index contributed by atoms with van der Waals surface area (Å²) in [5.74, 6) is 0.276. The molecule has 1 fully saturated rings. The van der Waals surface area contributed by atoms with Crippen LogP contribution in [0.5, 0.6) is 0 Å². The quantitative estimate of drug-likeness (QED) is 0.407. The second kappa shape index (κ2) is 8.88. The number of amides is 1. The van der Waals surface area contributed by atoms with Crippen molar-refractivity contribution in [2.24, 2.45) is 0 Å². The molecule has 0 bridgehead atoms. The van der Waals surface area contributed by atoms with Crippen LogP contribution in [0.2, 0.25) is 19.6 Å². The van der Waals surface area contributed by atoms with Gasteiger partial charge in [-0.25, -0.2) is 4.79 Å². The highest BCUT2D eigenvalue weighted by atomic mass is 28.3. The van der Waals surface area contributed by atoms with Crippen molar-refractivity contribution in [3.63, 3.8) is 0 Å². The average Bonchev–Trinajstić information content (AvgIpc) is 3.37. The number of aromatic nitrogens is 2. The molecule has 1 aliphatic rings. The Labute approximate surface area is 179 Å². The van der Waals surface area contributed by atoms with Crippen molar-refractivity contribution in [2.75, 3.05) is 13.1 Å². The molecule has 0 unspecified atom stereocenters. The number of benzene rings is 1. The van der Waals surface area contributed by atoms with E-state index in [4.69, 9.17) is 4.74 Å². The molecule has 0 saturated carbocycles. The Hall–Kier alpha value is -2.85. The zero-order valence-electron chi connectivity index (χ0n) is 18.5. The molecule has 3 rings (SSSR count). The Bertz CT molecular complexity index is 988. The zero-order chi connectivity index (χ0) is 21.9. The fourth-order valence-corrected chi connectivity index (χ4v) is 4.80. The van der Waals surface area contributed by atoms with E-state index in [9.17, 15) is 10.1 Å². The van der Waals surface area contributed by atoms with Gasteiger partial charge in [-0.1, -0.05) is 49.1 Å². The lowest BCUT2D eigenvalue weighted by atomic mass is 10.0. The van der Waals surface area contributed by atoms with E-state index in [0.29, 0.717) is 30.9 Å². The smallest absolute Gasteiger partial charge is 0.406 e. The van der Waals surface area contributed by atoms with E-state index in [0.717, 1.165) is 24.1 Å². The Morgan fingerprint density at radius 3 is 2.37 bits per heavy atom. The van der Waals surface area contributed by atoms with E-state index in [2.05, 4.69) is 42.9 Å². The lowest BCUT2D eigenvalue weighted by molar-refractivity contribution is 0.153. The molecule has 0 N–H and O–H groups in total. The zero-order valence-corrected chi connectivity index (χ0v) is 19.5. The van der Waals surface area contributed by atoms with Crippen molar-refractivity contribution in [3.05, 3.63) is 47.3 Å². The molecule has 2 aromatic rings. The number of ether oxygens (including phenoxy) is 1. The summed E-state index contributed by atoms with van der Waals surface area (Å²) >= 11 is 0. The normalized spacial score (nSPS) is 15.0. The first-order chi connectivity index (χ1) is 14.2. The van der Waals surface area contributed by atoms with Crippen LogP contribution >= 0.6 is 0 Å². The largest absolute Gasteiger partial charge is 0.415 e. The molecule has 7 heteroatoms. The van der Waals surface area contributed by atoms with Crippen molar-refractivity contribution < 1.29 is 9.53 Å². The molecule has 1 aromatic carbocycles. The van der Waals surface area contributed by atoms with Crippen molar-refractivity contribution >= 4 is 30.7 Å². The third-order valence-corrected chi connectivity index (χ3v) is 7.43. The van der Waals surface area contributed by atoms with Gasteiger partial charge in [0.15, 0.2) is 5.76 Å². The fourth-order valence-electron chi connectivity index (χ4n) is 3.64. The predicted octanol–water partition coefficient (Wildman–Crippen LogP) is 4.38. The summed E-state index contributed by atoms with van der Waals surface area (Å²) in [5.41, 5.74) is 2.55. The van der Waals surface area contributed by atoms with Crippen molar-refractivity contribution in [1.29, 1.82) is 5.26 Å². The summed E-state index contributed by atoms with van der Waals surface area (Å²) in [6, 6.07) is 12.2. The number of likely N-dealkylation sites (tertiary alicyclic amines) is 1. The number of nitriles is 1. The van der Waals surface area contributed by atoms with Gasteiger partial charge in [0.25, 0.3) is 0 Å². The topological polar surface area (TPSA) is 71.2 Å². The van der Waals surface area contributed by atoms with Crippen LogP contribution in [0.3, 0.4) is 0 Å². The lowest BCUT2D eigenvalue weighted by Crippen LogP contribution is -2.37. The van der Waals surface area contributed by atoms with E-state index in [1.165, 1.54) is 5.19 Å². The lowest BCUT2D eigenvalue weighted by Gasteiger charge is -2.19. The summed E-state index contributed by atoms with van der Waals surface area (Å²) in [6.45, 7) is 12.7. The minimum absolute atomic E-state index is 0.276. The molecule has 6 nitrogen and oxygen atoms in total. The van der Waals surface area contributed by atoms with Crippen LogP contribution < -0.4 is 5.19 Å². The molecule has 0 spiro atoms. The van der Waals surface area contributed by atoms with Crippen molar-refractivity contribution in [3.8, 4) is 6.07 Å². The maximum atomic E-state index is 12.8. The standard InChI is InChI=1S/C23H30N4O2Si/c1-6-27-21(15-17(2)25-27)22(29-23(28)26-13-7-8-14-26)20(16-24)18-9-11-19(12-10-18)30(3,4)5/h9-12,15H,6-8,13-14H2,1-5H3/b22-20-. The molecule has 2 heterocycles. The van der Waals surface area contributed by atoms with Crippen LogP contribution in [0.1, 0.15) is 36.7 Å². The Kier molecular flexibility index (Phi) is 6.47. The second-order valence-electron chi connectivity index (χ2n) is 8.69. The number of aryl methyl sites for hydroxylation is 2. The van der Waals surface area contributed by atoms with E-state index < -0.39 is 14.2 Å². The van der Waals surface area contributed by atoms with Gasteiger partial charge in [0.2, 0.25) is 0 Å². The molecule has 158 valence electrons. The van der Waals surface area contributed by atoms with Gasteiger partial charge in [-0.3, -0.25) is 4.68 Å². The summed E-state index contributed by atoms with van der Waals surface area (Å²) < 4.78 is 7.65. The van der Waals surface area contributed by atoms with Crippen LogP contribution in [0.15, 0.2) is 30.3 Å². The molecule has 1 saturated heterocycles. The van der Waals surface area contributed by atoms with E-state index in [1.54, 1.807) is 9.58 Å². The van der Waals surface area contributed by atoms with Crippen LogP contribution in [0.4, 0.5) is 4.79 Å². The molecule has 1 aliphatic heterocycles. The number of hydrogen-bond acceptors (Lipinski definition) is 4. The van der Waals surface area contributed by atoms with Gasteiger partial charge >= 0.3 is 6.09 Å². The second-order valence-corrected chi connectivity index (χ2v) is 13.8. The van der Waals surface area contributed by atoms with E-state index in [1.807, 2.05) is 32.0 Å². The molecule has 1 amide bonds. The van der Waals surface area contributed by atoms with Crippen LogP contribution in [0, 0.1) is 18.3 Å². The molecular weight excluding hydrogens is 392 g/mol. The maximum Gasteiger partial charge on any atom is 0.415 e. The third-order valence-electron chi connectivity index (χ3n) is 5.37. The molecule has 30 heavy (non-hydrogen) atoms. The van der Waals surface area contributed by atoms with Gasteiger partial charge in [-0.2, -0.15) is 10.4 Å². The monoisotopic (exact) mass is 422 g/mol. The number of nitrogens with zero attached hydrogens (tertiary/aromatic N) is 4. The molecule has 0 atom stereocenters. The van der Waals surface area contributed by atoms with Crippen LogP contribution in [0.25, 0.3) is 11.3 Å². The number of rotatable bonds is 5. The summed E-state index contributed by atoms with van der Waals surface area (Å²) in [5, 5.41) is 15.9. The Morgan fingerprint density at radius 2 is 1.83 bits per heavy atom. The molecule has 1 aromatic heterocycles. The first-order valence-corrected chi connectivity index (χ1v) is 14.0. The summed E-state index contributed by atoms with van der Waals surface area (Å²) in [7, 11) is -1.45. The van der Waals surface area contributed by atoms with Gasteiger partial charge in [0.1, 0.15) is 17.3 Å². The predicted molar refractivity (Wildman–Crippen MR) is 122 cm³/mol. The Morgan fingerprint density at radius 1 is 1.20 bits per heavy atom. The van der Waals surface area contributed by atoms with Gasteiger partial charge < -0.3 is 9.64 Å². The van der Waals surface area contributed by atoms with Crippen LogP contribution in [-0.4, -0.2) is 41.9 Å². The number of carbonyl (C=O) groups excluding carboxylic acids is 1. The van der Waals surface area contributed by atoms with Gasteiger partial charge in [-0.05, 0) is 38.3 Å². The minimum atomic E-state index is -1.45. The van der Waals surface area contributed by atoms with Gasteiger partial charge in [-0.15, -0.1) is 0 Å². The number of carbonyl (C=O) groups is 1.